The van der Waals surface area contributed by atoms with Crippen molar-refractivity contribution in [2.45, 2.75) is 57.4 Å². The van der Waals surface area contributed by atoms with Crippen LogP contribution in [0.4, 0.5) is 0 Å². The van der Waals surface area contributed by atoms with Crippen molar-refractivity contribution < 1.29 is 4.79 Å². The molecule has 1 aromatic rings. The summed E-state index contributed by atoms with van der Waals surface area (Å²) in [5.41, 5.74) is 1.36. The van der Waals surface area contributed by atoms with Crippen LogP contribution in [0.1, 0.15) is 50.5 Å². The van der Waals surface area contributed by atoms with Crippen LogP contribution in [0.2, 0.25) is 0 Å². The van der Waals surface area contributed by atoms with Crippen LogP contribution in [-0.2, 0) is 11.2 Å². The molecular formula is C18H25NO. The standard InChI is InChI=1S/C18H25NO/c20-18-16(12-11-15-7-3-1-4-8-15)13-14-19(18)17-9-5-2-6-10-17/h1,3-4,7-8,16-17H,2,5-6,9-14H2/t16-/m1/s1. The van der Waals surface area contributed by atoms with Crippen molar-refractivity contribution in [3.8, 4) is 0 Å². The quantitative estimate of drug-likeness (QED) is 0.815. The molecule has 0 radical (unpaired) electrons. The first kappa shape index (κ1) is 13.7. The third-order valence-corrected chi connectivity index (χ3v) is 4.99. The van der Waals surface area contributed by atoms with Gasteiger partial charge < -0.3 is 4.90 Å². The molecule has 3 rings (SSSR count). The summed E-state index contributed by atoms with van der Waals surface area (Å²) in [6, 6.07) is 11.1. The molecule has 1 saturated heterocycles. The Labute approximate surface area is 122 Å². The fraction of sp³-hybridized carbons (Fsp3) is 0.611. The van der Waals surface area contributed by atoms with Gasteiger partial charge in [-0.05, 0) is 37.7 Å². The van der Waals surface area contributed by atoms with Crippen molar-refractivity contribution >= 4 is 5.91 Å². The summed E-state index contributed by atoms with van der Waals surface area (Å²) in [5, 5.41) is 0. The van der Waals surface area contributed by atoms with Gasteiger partial charge >= 0.3 is 0 Å². The van der Waals surface area contributed by atoms with Crippen LogP contribution in [-0.4, -0.2) is 23.4 Å². The normalized spacial score (nSPS) is 24.3. The van der Waals surface area contributed by atoms with E-state index in [4.69, 9.17) is 0 Å². The van der Waals surface area contributed by atoms with E-state index in [0.717, 1.165) is 25.8 Å². The van der Waals surface area contributed by atoms with Gasteiger partial charge in [-0.3, -0.25) is 4.79 Å². The molecule has 1 amide bonds. The molecule has 0 N–H and O–H groups in total. The van der Waals surface area contributed by atoms with Gasteiger partial charge in [-0.1, -0.05) is 49.6 Å². The van der Waals surface area contributed by atoms with E-state index in [2.05, 4.69) is 35.2 Å². The molecule has 0 unspecified atom stereocenters. The second kappa shape index (κ2) is 6.43. The summed E-state index contributed by atoms with van der Waals surface area (Å²) in [7, 11) is 0. The van der Waals surface area contributed by atoms with E-state index in [-0.39, 0.29) is 5.92 Å². The first-order valence-corrected chi connectivity index (χ1v) is 8.19. The van der Waals surface area contributed by atoms with Gasteiger partial charge in [-0.2, -0.15) is 0 Å². The maximum atomic E-state index is 12.6. The van der Waals surface area contributed by atoms with Crippen molar-refractivity contribution in [1.82, 2.24) is 4.90 Å². The highest BCUT2D eigenvalue weighted by atomic mass is 16.2. The van der Waals surface area contributed by atoms with Crippen LogP contribution in [0.5, 0.6) is 0 Å². The van der Waals surface area contributed by atoms with Gasteiger partial charge in [-0.15, -0.1) is 0 Å². The highest BCUT2D eigenvalue weighted by Crippen LogP contribution is 2.30. The summed E-state index contributed by atoms with van der Waals surface area (Å²) in [6.07, 6.45) is 9.57. The second-order valence-electron chi connectivity index (χ2n) is 6.33. The number of hydrogen-bond donors (Lipinski definition) is 0. The largest absolute Gasteiger partial charge is 0.339 e. The van der Waals surface area contributed by atoms with Crippen LogP contribution in [0.25, 0.3) is 0 Å². The molecule has 2 fully saturated rings. The summed E-state index contributed by atoms with van der Waals surface area (Å²) in [6.45, 7) is 1.00. The molecule has 0 aromatic heterocycles. The second-order valence-corrected chi connectivity index (χ2v) is 6.33. The molecule has 1 saturated carbocycles. The fourth-order valence-corrected chi connectivity index (χ4v) is 3.77. The van der Waals surface area contributed by atoms with Crippen molar-refractivity contribution in [2.24, 2.45) is 5.92 Å². The Morgan fingerprint density at radius 3 is 2.50 bits per heavy atom. The Balaban J connectivity index is 1.53. The lowest BCUT2D eigenvalue weighted by Gasteiger charge is -2.31. The van der Waals surface area contributed by atoms with E-state index in [0.29, 0.717) is 11.9 Å². The summed E-state index contributed by atoms with van der Waals surface area (Å²) in [4.78, 5) is 14.8. The number of nitrogens with zero attached hydrogens (tertiary/aromatic N) is 1. The Morgan fingerprint density at radius 2 is 1.75 bits per heavy atom. The topological polar surface area (TPSA) is 20.3 Å². The molecule has 2 aliphatic rings. The van der Waals surface area contributed by atoms with Crippen LogP contribution in [0, 0.1) is 5.92 Å². The van der Waals surface area contributed by atoms with Crippen molar-refractivity contribution in [3.63, 3.8) is 0 Å². The number of benzene rings is 1. The maximum absolute atomic E-state index is 12.6. The Hall–Kier alpha value is -1.31. The number of hydrogen-bond acceptors (Lipinski definition) is 1. The first-order valence-electron chi connectivity index (χ1n) is 8.19. The molecule has 108 valence electrons. The molecule has 20 heavy (non-hydrogen) atoms. The van der Waals surface area contributed by atoms with Gasteiger partial charge in [0.25, 0.3) is 0 Å². The summed E-state index contributed by atoms with van der Waals surface area (Å²) in [5.74, 6) is 0.713. The maximum Gasteiger partial charge on any atom is 0.226 e. The molecule has 2 nitrogen and oxygen atoms in total. The Bertz CT molecular complexity index is 436. The molecule has 1 atom stereocenters. The van der Waals surface area contributed by atoms with E-state index in [9.17, 15) is 4.79 Å². The smallest absolute Gasteiger partial charge is 0.226 e. The van der Waals surface area contributed by atoms with Gasteiger partial charge in [0, 0.05) is 18.5 Å². The third-order valence-electron chi connectivity index (χ3n) is 4.99. The first-order chi connectivity index (χ1) is 9.84. The number of aryl methyl sites for hydroxylation is 1. The lowest BCUT2D eigenvalue weighted by Crippen LogP contribution is -2.38. The van der Waals surface area contributed by atoms with E-state index in [1.165, 1.54) is 37.7 Å². The van der Waals surface area contributed by atoms with Gasteiger partial charge in [-0.25, -0.2) is 0 Å². The molecular weight excluding hydrogens is 246 g/mol. The number of likely N-dealkylation sites (tertiary alicyclic amines) is 1. The molecule has 1 aliphatic heterocycles. The van der Waals surface area contributed by atoms with Gasteiger partial charge in [0.05, 0.1) is 0 Å². The fourth-order valence-electron chi connectivity index (χ4n) is 3.77. The van der Waals surface area contributed by atoms with E-state index in [1.54, 1.807) is 0 Å². The van der Waals surface area contributed by atoms with E-state index in [1.807, 2.05) is 0 Å². The zero-order chi connectivity index (χ0) is 13.8. The molecule has 1 heterocycles. The lowest BCUT2D eigenvalue weighted by molar-refractivity contribution is -0.133. The van der Waals surface area contributed by atoms with Crippen molar-refractivity contribution in [3.05, 3.63) is 35.9 Å². The van der Waals surface area contributed by atoms with E-state index < -0.39 is 0 Å². The summed E-state index contributed by atoms with van der Waals surface area (Å²) >= 11 is 0. The molecule has 0 bridgehead atoms. The van der Waals surface area contributed by atoms with Gasteiger partial charge in [0.15, 0.2) is 0 Å². The number of rotatable bonds is 4. The van der Waals surface area contributed by atoms with Crippen LogP contribution in [0.3, 0.4) is 0 Å². The minimum absolute atomic E-state index is 0.275. The third kappa shape index (κ3) is 3.05. The van der Waals surface area contributed by atoms with Crippen molar-refractivity contribution in [2.75, 3.05) is 6.54 Å². The highest BCUT2D eigenvalue weighted by Gasteiger charge is 2.35. The average molecular weight is 271 g/mol. The minimum atomic E-state index is 0.275. The number of amides is 1. The van der Waals surface area contributed by atoms with Crippen LogP contribution < -0.4 is 0 Å². The van der Waals surface area contributed by atoms with Gasteiger partial charge in [0.2, 0.25) is 5.91 Å². The molecule has 1 aromatic carbocycles. The summed E-state index contributed by atoms with van der Waals surface area (Å²) < 4.78 is 0. The van der Waals surface area contributed by atoms with Crippen molar-refractivity contribution in [1.29, 1.82) is 0 Å². The minimum Gasteiger partial charge on any atom is -0.339 e. The number of carbonyl (C=O) groups is 1. The Kier molecular flexibility index (Phi) is 4.39. The highest BCUT2D eigenvalue weighted by molar-refractivity contribution is 5.81. The average Bonchev–Trinajstić information content (AvgIpc) is 2.88. The SMILES string of the molecule is O=C1[C@H](CCc2ccccc2)CCN1C1CCCCC1. The van der Waals surface area contributed by atoms with E-state index >= 15 is 0 Å². The molecule has 0 spiro atoms. The predicted molar refractivity (Wildman–Crippen MR) is 81.5 cm³/mol. The lowest BCUT2D eigenvalue weighted by atomic mass is 9.94. The van der Waals surface area contributed by atoms with Gasteiger partial charge in [0.1, 0.15) is 0 Å². The Morgan fingerprint density at radius 1 is 1.00 bits per heavy atom. The van der Waals surface area contributed by atoms with Crippen LogP contribution in [0.15, 0.2) is 30.3 Å². The number of carbonyl (C=O) groups excluding carboxylic acids is 1. The zero-order valence-electron chi connectivity index (χ0n) is 12.3. The molecule has 2 heteroatoms. The van der Waals surface area contributed by atoms with Crippen LogP contribution >= 0.6 is 0 Å². The monoisotopic (exact) mass is 271 g/mol. The zero-order valence-corrected chi connectivity index (χ0v) is 12.3. The predicted octanol–water partition coefficient (Wildman–Crippen LogP) is 3.80. The molecule has 1 aliphatic carbocycles.